The van der Waals surface area contributed by atoms with Crippen LogP contribution in [0, 0.1) is 12.8 Å². The van der Waals surface area contributed by atoms with E-state index < -0.39 is 0 Å². The number of aryl methyl sites for hydroxylation is 2. The minimum atomic E-state index is 0.0618. The number of aromatic nitrogens is 3. The van der Waals surface area contributed by atoms with Crippen LogP contribution in [0.2, 0.25) is 0 Å². The average Bonchev–Trinajstić information content (AvgIpc) is 3.03. The molecule has 0 aliphatic carbocycles. The second-order valence-electron chi connectivity index (χ2n) is 6.70. The fourth-order valence-electron chi connectivity index (χ4n) is 3.42. The SMILES string of the molecule is CCCn1ccc(C(=O)N2CCC[C@@H](Cc3cccc(C)n3)C2)n1. The monoisotopic (exact) mass is 326 g/mol. The van der Waals surface area contributed by atoms with Gasteiger partial charge >= 0.3 is 0 Å². The highest BCUT2D eigenvalue weighted by Gasteiger charge is 2.26. The van der Waals surface area contributed by atoms with Crippen LogP contribution < -0.4 is 0 Å². The fraction of sp³-hybridized carbons (Fsp3) is 0.526. The molecule has 128 valence electrons. The van der Waals surface area contributed by atoms with Gasteiger partial charge in [0.2, 0.25) is 0 Å². The Morgan fingerprint density at radius 1 is 1.33 bits per heavy atom. The smallest absolute Gasteiger partial charge is 0.274 e. The maximum absolute atomic E-state index is 12.7. The van der Waals surface area contributed by atoms with Crippen LogP contribution in [0.15, 0.2) is 30.5 Å². The number of hydrogen-bond acceptors (Lipinski definition) is 3. The third-order valence-electron chi connectivity index (χ3n) is 4.56. The van der Waals surface area contributed by atoms with Gasteiger partial charge in [-0.2, -0.15) is 5.10 Å². The zero-order valence-corrected chi connectivity index (χ0v) is 14.6. The second-order valence-corrected chi connectivity index (χ2v) is 6.70. The summed E-state index contributed by atoms with van der Waals surface area (Å²) in [5, 5.41) is 4.41. The van der Waals surface area contributed by atoms with Gasteiger partial charge in [0.25, 0.3) is 5.91 Å². The highest BCUT2D eigenvalue weighted by molar-refractivity contribution is 5.92. The number of carbonyl (C=O) groups is 1. The van der Waals surface area contributed by atoms with E-state index in [-0.39, 0.29) is 5.91 Å². The van der Waals surface area contributed by atoms with Gasteiger partial charge in [-0.25, -0.2) is 0 Å². The van der Waals surface area contributed by atoms with E-state index in [1.54, 1.807) is 0 Å². The van der Waals surface area contributed by atoms with Gasteiger partial charge in [0.15, 0.2) is 0 Å². The van der Waals surface area contributed by atoms with Gasteiger partial charge in [-0.15, -0.1) is 0 Å². The molecule has 0 unspecified atom stereocenters. The Kier molecular flexibility index (Phi) is 5.28. The van der Waals surface area contributed by atoms with E-state index in [1.807, 2.05) is 34.8 Å². The predicted octanol–water partition coefficient (Wildman–Crippen LogP) is 3.09. The summed E-state index contributed by atoms with van der Waals surface area (Å²) in [5.41, 5.74) is 2.75. The Balaban J connectivity index is 1.63. The van der Waals surface area contributed by atoms with Crippen LogP contribution in [-0.2, 0) is 13.0 Å². The second kappa shape index (κ2) is 7.60. The molecule has 1 aliphatic heterocycles. The first-order valence-corrected chi connectivity index (χ1v) is 8.91. The van der Waals surface area contributed by atoms with Crippen LogP contribution in [0.25, 0.3) is 0 Å². The lowest BCUT2D eigenvalue weighted by Gasteiger charge is -2.32. The van der Waals surface area contributed by atoms with Crippen LogP contribution in [0.3, 0.4) is 0 Å². The summed E-state index contributed by atoms with van der Waals surface area (Å²) in [6.07, 6.45) is 6.07. The molecule has 0 bridgehead atoms. The molecule has 1 amide bonds. The molecule has 0 radical (unpaired) electrons. The number of amides is 1. The van der Waals surface area contributed by atoms with E-state index in [0.29, 0.717) is 11.6 Å². The van der Waals surface area contributed by atoms with Gasteiger partial charge in [0, 0.05) is 37.2 Å². The topological polar surface area (TPSA) is 51.0 Å². The minimum Gasteiger partial charge on any atom is -0.337 e. The van der Waals surface area contributed by atoms with E-state index in [2.05, 4.69) is 29.1 Å². The molecule has 0 spiro atoms. The van der Waals surface area contributed by atoms with Gasteiger partial charge in [0.1, 0.15) is 5.69 Å². The number of piperidine rings is 1. The van der Waals surface area contributed by atoms with Gasteiger partial charge in [-0.1, -0.05) is 13.0 Å². The van der Waals surface area contributed by atoms with Gasteiger partial charge in [-0.3, -0.25) is 14.5 Å². The molecule has 0 saturated carbocycles. The predicted molar refractivity (Wildman–Crippen MR) is 93.8 cm³/mol. The molecular formula is C19H26N4O. The Bertz CT molecular complexity index is 694. The number of carbonyl (C=O) groups excluding carboxylic acids is 1. The van der Waals surface area contributed by atoms with Crippen LogP contribution in [0.1, 0.15) is 48.1 Å². The third-order valence-corrected chi connectivity index (χ3v) is 4.56. The number of likely N-dealkylation sites (tertiary alicyclic amines) is 1. The van der Waals surface area contributed by atoms with E-state index >= 15 is 0 Å². The highest BCUT2D eigenvalue weighted by atomic mass is 16.2. The zero-order valence-electron chi connectivity index (χ0n) is 14.6. The molecule has 0 N–H and O–H groups in total. The molecule has 24 heavy (non-hydrogen) atoms. The lowest BCUT2D eigenvalue weighted by Crippen LogP contribution is -2.40. The van der Waals surface area contributed by atoms with E-state index in [0.717, 1.165) is 56.7 Å². The highest BCUT2D eigenvalue weighted by Crippen LogP contribution is 2.21. The van der Waals surface area contributed by atoms with Crippen molar-refractivity contribution in [2.45, 2.75) is 46.1 Å². The molecule has 5 heteroatoms. The van der Waals surface area contributed by atoms with Gasteiger partial charge < -0.3 is 4.90 Å². The van der Waals surface area contributed by atoms with Crippen molar-refractivity contribution in [2.24, 2.45) is 5.92 Å². The Labute approximate surface area is 143 Å². The largest absolute Gasteiger partial charge is 0.337 e. The lowest BCUT2D eigenvalue weighted by molar-refractivity contribution is 0.0665. The molecular weight excluding hydrogens is 300 g/mol. The van der Waals surface area contributed by atoms with E-state index in [1.165, 1.54) is 0 Å². The number of rotatable bonds is 5. The summed E-state index contributed by atoms with van der Waals surface area (Å²) in [4.78, 5) is 19.3. The van der Waals surface area contributed by atoms with Crippen LogP contribution >= 0.6 is 0 Å². The molecule has 3 rings (SSSR count). The third kappa shape index (κ3) is 4.02. The Morgan fingerprint density at radius 3 is 3.00 bits per heavy atom. The van der Waals surface area contributed by atoms with Crippen molar-refractivity contribution < 1.29 is 4.79 Å². The number of pyridine rings is 1. The van der Waals surface area contributed by atoms with Crippen molar-refractivity contribution in [3.8, 4) is 0 Å². The maximum Gasteiger partial charge on any atom is 0.274 e. The molecule has 1 saturated heterocycles. The van der Waals surface area contributed by atoms with Crippen molar-refractivity contribution >= 4 is 5.91 Å². The molecule has 0 aromatic carbocycles. The number of hydrogen-bond donors (Lipinski definition) is 0. The molecule has 1 aliphatic rings. The Morgan fingerprint density at radius 2 is 2.21 bits per heavy atom. The van der Waals surface area contributed by atoms with Gasteiger partial charge in [-0.05, 0) is 56.7 Å². The normalized spacial score (nSPS) is 17.9. The summed E-state index contributed by atoms with van der Waals surface area (Å²) >= 11 is 0. The Hall–Kier alpha value is -2.17. The average molecular weight is 326 g/mol. The minimum absolute atomic E-state index is 0.0618. The van der Waals surface area contributed by atoms with Gasteiger partial charge in [0.05, 0.1) is 0 Å². The molecule has 5 nitrogen and oxygen atoms in total. The van der Waals surface area contributed by atoms with Crippen molar-refractivity contribution in [3.63, 3.8) is 0 Å². The maximum atomic E-state index is 12.7. The standard InChI is InChI=1S/C19H26N4O/c1-3-10-23-12-9-18(21-23)19(24)22-11-5-7-16(14-22)13-17-8-4-6-15(2)20-17/h4,6,8-9,12,16H,3,5,7,10-11,13-14H2,1-2H3/t16-/m0/s1. The fourth-order valence-corrected chi connectivity index (χ4v) is 3.42. The quantitative estimate of drug-likeness (QED) is 0.848. The summed E-state index contributed by atoms with van der Waals surface area (Å²) < 4.78 is 1.85. The first kappa shape index (κ1) is 16.7. The van der Waals surface area contributed by atoms with Crippen LogP contribution in [-0.4, -0.2) is 38.7 Å². The molecule has 3 heterocycles. The van der Waals surface area contributed by atoms with Crippen LogP contribution in [0.4, 0.5) is 0 Å². The molecule has 1 fully saturated rings. The summed E-state index contributed by atoms with van der Waals surface area (Å²) in [6, 6.07) is 8.00. The van der Waals surface area contributed by atoms with Crippen molar-refractivity contribution in [3.05, 3.63) is 47.5 Å². The first-order valence-electron chi connectivity index (χ1n) is 8.91. The summed E-state index contributed by atoms with van der Waals surface area (Å²) in [6.45, 7) is 6.62. The molecule has 1 atom stereocenters. The number of nitrogens with zero attached hydrogens (tertiary/aromatic N) is 4. The first-order chi connectivity index (χ1) is 11.7. The van der Waals surface area contributed by atoms with E-state index in [9.17, 15) is 4.79 Å². The lowest BCUT2D eigenvalue weighted by atomic mass is 9.93. The summed E-state index contributed by atoms with van der Waals surface area (Å²) in [5.74, 6) is 0.543. The van der Waals surface area contributed by atoms with E-state index in [4.69, 9.17) is 0 Å². The molecule has 2 aromatic heterocycles. The van der Waals surface area contributed by atoms with Crippen molar-refractivity contribution in [1.82, 2.24) is 19.7 Å². The summed E-state index contributed by atoms with van der Waals surface area (Å²) in [7, 11) is 0. The van der Waals surface area contributed by atoms with Crippen molar-refractivity contribution in [2.75, 3.05) is 13.1 Å². The van der Waals surface area contributed by atoms with Crippen molar-refractivity contribution in [1.29, 1.82) is 0 Å². The zero-order chi connectivity index (χ0) is 16.9. The molecule has 2 aromatic rings. The van der Waals surface area contributed by atoms with Crippen LogP contribution in [0.5, 0.6) is 0 Å².